The number of hydrogen-bond donors (Lipinski definition) is 1. The van der Waals surface area contributed by atoms with Crippen LogP contribution in [0.2, 0.25) is 0 Å². The van der Waals surface area contributed by atoms with Crippen molar-refractivity contribution in [3.05, 3.63) is 35.9 Å². The molecule has 0 aliphatic heterocycles. The summed E-state index contributed by atoms with van der Waals surface area (Å²) >= 11 is 0. The van der Waals surface area contributed by atoms with Crippen LogP contribution < -0.4 is 5.32 Å². The molecular formula is C12H20N2. The highest BCUT2D eigenvalue weighted by atomic mass is 15.2. The van der Waals surface area contributed by atoms with Gasteiger partial charge < -0.3 is 0 Å². The first-order chi connectivity index (χ1) is 6.74. The van der Waals surface area contributed by atoms with Crippen LogP contribution in [0.15, 0.2) is 30.3 Å². The SMILES string of the molecule is CCC(NCc1ccccc1)N(C)C. The summed E-state index contributed by atoms with van der Waals surface area (Å²) < 4.78 is 0. The van der Waals surface area contributed by atoms with Crippen molar-refractivity contribution in [1.29, 1.82) is 0 Å². The van der Waals surface area contributed by atoms with E-state index in [0.717, 1.165) is 13.0 Å². The van der Waals surface area contributed by atoms with E-state index in [4.69, 9.17) is 0 Å². The summed E-state index contributed by atoms with van der Waals surface area (Å²) in [5, 5.41) is 3.51. The number of benzene rings is 1. The molecule has 0 saturated heterocycles. The van der Waals surface area contributed by atoms with E-state index in [9.17, 15) is 0 Å². The Hall–Kier alpha value is -0.860. The van der Waals surface area contributed by atoms with Gasteiger partial charge in [-0.1, -0.05) is 37.3 Å². The topological polar surface area (TPSA) is 15.3 Å². The Balaban J connectivity index is 2.40. The zero-order chi connectivity index (χ0) is 10.4. The minimum atomic E-state index is 0.468. The lowest BCUT2D eigenvalue weighted by molar-refractivity contribution is 0.237. The van der Waals surface area contributed by atoms with Gasteiger partial charge in [-0.15, -0.1) is 0 Å². The van der Waals surface area contributed by atoms with Gasteiger partial charge in [-0.25, -0.2) is 0 Å². The van der Waals surface area contributed by atoms with Crippen LogP contribution in [0.4, 0.5) is 0 Å². The molecule has 1 unspecified atom stereocenters. The third kappa shape index (κ3) is 3.48. The zero-order valence-electron chi connectivity index (χ0n) is 9.33. The molecular weight excluding hydrogens is 172 g/mol. The van der Waals surface area contributed by atoms with Gasteiger partial charge in [0, 0.05) is 6.54 Å². The Morgan fingerprint density at radius 1 is 1.21 bits per heavy atom. The minimum Gasteiger partial charge on any atom is -0.298 e. The first-order valence-corrected chi connectivity index (χ1v) is 5.17. The second-order valence-electron chi connectivity index (χ2n) is 3.75. The largest absolute Gasteiger partial charge is 0.298 e. The lowest BCUT2D eigenvalue weighted by Crippen LogP contribution is -2.40. The molecule has 0 fully saturated rings. The van der Waals surface area contributed by atoms with Gasteiger partial charge in [0.15, 0.2) is 0 Å². The van der Waals surface area contributed by atoms with Crippen LogP contribution in [0.5, 0.6) is 0 Å². The van der Waals surface area contributed by atoms with Crippen molar-refractivity contribution in [2.45, 2.75) is 26.1 Å². The molecule has 0 aliphatic rings. The number of nitrogens with one attached hydrogen (secondary N) is 1. The molecule has 1 rings (SSSR count). The summed E-state index contributed by atoms with van der Waals surface area (Å²) in [6.45, 7) is 3.14. The van der Waals surface area contributed by atoms with Gasteiger partial charge in [0.1, 0.15) is 0 Å². The van der Waals surface area contributed by atoms with Crippen molar-refractivity contribution in [1.82, 2.24) is 10.2 Å². The fourth-order valence-electron chi connectivity index (χ4n) is 1.52. The molecule has 0 bridgehead atoms. The standard InChI is InChI=1S/C12H20N2/c1-4-12(14(2)3)13-10-11-8-6-5-7-9-11/h5-9,12-13H,4,10H2,1-3H3. The lowest BCUT2D eigenvalue weighted by Gasteiger charge is -2.24. The normalized spacial score (nSPS) is 13.1. The van der Waals surface area contributed by atoms with Crippen LogP contribution >= 0.6 is 0 Å². The van der Waals surface area contributed by atoms with Gasteiger partial charge in [-0.2, -0.15) is 0 Å². The Bertz CT molecular complexity index is 244. The third-order valence-corrected chi connectivity index (χ3v) is 2.39. The van der Waals surface area contributed by atoms with E-state index in [2.05, 4.69) is 55.5 Å². The van der Waals surface area contributed by atoms with E-state index in [-0.39, 0.29) is 0 Å². The van der Waals surface area contributed by atoms with Crippen molar-refractivity contribution < 1.29 is 0 Å². The Morgan fingerprint density at radius 2 is 1.86 bits per heavy atom. The van der Waals surface area contributed by atoms with Gasteiger partial charge in [0.25, 0.3) is 0 Å². The molecule has 1 aromatic carbocycles. The second-order valence-corrected chi connectivity index (χ2v) is 3.75. The summed E-state index contributed by atoms with van der Waals surface area (Å²) in [6, 6.07) is 10.5. The maximum atomic E-state index is 3.51. The monoisotopic (exact) mass is 192 g/mol. The number of nitrogens with zero attached hydrogens (tertiary/aromatic N) is 1. The van der Waals surface area contributed by atoms with E-state index in [1.807, 2.05) is 6.07 Å². The zero-order valence-corrected chi connectivity index (χ0v) is 9.33. The van der Waals surface area contributed by atoms with Crippen LogP contribution in [0.3, 0.4) is 0 Å². The second kappa shape index (κ2) is 5.78. The van der Waals surface area contributed by atoms with E-state index in [1.165, 1.54) is 5.56 Å². The van der Waals surface area contributed by atoms with Crippen molar-refractivity contribution in [3.8, 4) is 0 Å². The first-order valence-electron chi connectivity index (χ1n) is 5.17. The molecule has 2 nitrogen and oxygen atoms in total. The molecule has 1 aromatic rings. The van der Waals surface area contributed by atoms with Crippen LogP contribution in [0.1, 0.15) is 18.9 Å². The predicted molar refractivity (Wildman–Crippen MR) is 61.0 cm³/mol. The van der Waals surface area contributed by atoms with Crippen LogP contribution in [-0.2, 0) is 6.54 Å². The average molecular weight is 192 g/mol. The highest BCUT2D eigenvalue weighted by Gasteiger charge is 2.06. The van der Waals surface area contributed by atoms with Crippen LogP contribution in [0, 0.1) is 0 Å². The van der Waals surface area contributed by atoms with Gasteiger partial charge >= 0.3 is 0 Å². The van der Waals surface area contributed by atoms with Gasteiger partial charge in [0.2, 0.25) is 0 Å². The van der Waals surface area contributed by atoms with Crippen molar-refractivity contribution in [2.75, 3.05) is 14.1 Å². The van der Waals surface area contributed by atoms with Crippen molar-refractivity contribution in [3.63, 3.8) is 0 Å². The molecule has 0 aromatic heterocycles. The van der Waals surface area contributed by atoms with Gasteiger partial charge in [-0.05, 0) is 26.1 Å². The van der Waals surface area contributed by atoms with Crippen molar-refractivity contribution >= 4 is 0 Å². The number of rotatable bonds is 5. The maximum absolute atomic E-state index is 3.51. The molecule has 0 saturated carbocycles. The fraction of sp³-hybridized carbons (Fsp3) is 0.500. The quantitative estimate of drug-likeness (QED) is 0.718. The summed E-state index contributed by atoms with van der Waals surface area (Å²) in [5.74, 6) is 0. The Labute approximate surface area is 86.9 Å². The first kappa shape index (κ1) is 11.2. The van der Waals surface area contributed by atoms with Gasteiger partial charge in [-0.3, -0.25) is 10.2 Å². The highest BCUT2D eigenvalue weighted by Crippen LogP contribution is 2.00. The summed E-state index contributed by atoms with van der Waals surface area (Å²) in [5.41, 5.74) is 1.34. The van der Waals surface area contributed by atoms with E-state index in [0.29, 0.717) is 6.17 Å². The smallest absolute Gasteiger partial charge is 0.0591 e. The molecule has 14 heavy (non-hydrogen) atoms. The Morgan fingerprint density at radius 3 is 2.36 bits per heavy atom. The molecule has 0 amide bonds. The van der Waals surface area contributed by atoms with Gasteiger partial charge in [0.05, 0.1) is 6.17 Å². The molecule has 0 spiro atoms. The summed E-state index contributed by atoms with van der Waals surface area (Å²) in [7, 11) is 4.21. The molecule has 1 atom stereocenters. The summed E-state index contributed by atoms with van der Waals surface area (Å²) in [4.78, 5) is 2.21. The molecule has 1 N–H and O–H groups in total. The Kier molecular flexibility index (Phi) is 4.63. The molecule has 0 aliphatic carbocycles. The third-order valence-electron chi connectivity index (χ3n) is 2.39. The minimum absolute atomic E-state index is 0.468. The lowest BCUT2D eigenvalue weighted by atomic mass is 10.2. The maximum Gasteiger partial charge on any atom is 0.0591 e. The summed E-state index contributed by atoms with van der Waals surface area (Å²) in [6.07, 6.45) is 1.59. The van der Waals surface area contributed by atoms with E-state index >= 15 is 0 Å². The van der Waals surface area contributed by atoms with E-state index in [1.54, 1.807) is 0 Å². The molecule has 0 heterocycles. The molecule has 2 heteroatoms. The average Bonchev–Trinajstić information content (AvgIpc) is 2.20. The predicted octanol–water partition coefficient (Wildman–Crippen LogP) is 2.07. The molecule has 78 valence electrons. The van der Waals surface area contributed by atoms with E-state index < -0.39 is 0 Å². The highest BCUT2D eigenvalue weighted by molar-refractivity contribution is 5.14. The molecule has 0 radical (unpaired) electrons. The number of hydrogen-bond acceptors (Lipinski definition) is 2. The fourth-order valence-corrected chi connectivity index (χ4v) is 1.52. The van der Waals surface area contributed by atoms with Crippen LogP contribution in [0.25, 0.3) is 0 Å². The van der Waals surface area contributed by atoms with Crippen LogP contribution in [-0.4, -0.2) is 25.2 Å². The van der Waals surface area contributed by atoms with Crippen molar-refractivity contribution in [2.24, 2.45) is 0 Å².